The molecule has 2 N–H and O–H groups in total. The molecule has 124 valence electrons. The van der Waals surface area contributed by atoms with E-state index < -0.39 is 21.6 Å². The molecule has 1 aromatic rings. The van der Waals surface area contributed by atoms with Gasteiger partial charge in [0.15, 0.2) is 0 Å². The van der Waals surface area contributed by atoms with Crippen LogP contribution in [0.2, 0.25) is 0 Å². The minimum absolute atomic E-state index is 0.0892. The Hall–Kier alpha value is -1.60. The van der Waals surface area contributed by atoms with Crippen molar-refractivity contribution >= 4 is 15.9 Å². The fourth-order valence-corrected chi connectivity index (χ4v) is 2.92. The van der Waals surface area contributed by atoms with Gasteiger partial charge in [-0.1, -0.05) is 0 Å². The molecule has 1 amide bonds. The van der Waals surface area contributed by atoms with Crippen molar-refractivity contribution < 1.29 is 17.9 Å². The summed E-state index contributed by atoms with van der Waals surface area (Å²) in [6, 6.07) is 5.19. The standard InChI is InChI=1S/C15H24N2O4S/c1-6-21-12-7-9-13(10-8-12)22(19,20)17-11(2)14(18)16-15(3,4)5/h7-11,17H,6H2,1-5H3,(H,16,18)/t11-/m0/s1. The van der Waals surface area contributed by atoms with Crippen molar-refractivity contribution in [2.75, 3.05) is 6.61 Å². The molecule has 6 nitrogen and oxygen atoms in total. The second-order valence-corrected chi connectivity index (χ2v) is 7.70. The summed E-state index contributed by atoms with van der Waals surface area (Å²) in [6.07, 6.45) is 0. The summed E-state index contributed by atoms with van der Waals surface area (Å²) in [6.45, 7) is 9.36. The van der Waals surface area contributed by atoms with Crippen LogP contribution >= 0.6 is 0 Å². The highest BCUT2D eigenvalue weighted by Crippen LogP contribution is 2.16. The lowest BCUT2D eigenvalue weighted by Gasteiger charge is -2.23. The molecule has 0 saturated carbocycles. The van der Waals surface area contributed by atoms with Gasteiger partial charge in [0.1, 0.15) is 5.75 Å². The number of rotatable bonds is 6. The van der Waals surface area contributed by atoms with E-state index in [9.17, 15) is 13.2 Å². The molecule has 1 aromatic carbocycles. The molecule has 0 bridgehead atoms. The zero-order valence-electron chi connectivity index (χ0n) is 13.6. The van der Waals surface area contributed by atoms with Gasteiger partial charge in [0.25, 0.3) is 0 Å². The molecular formula is C15H24N2O4S. The zero-order chi connectivity index (χ0) is 17.0. The third-order valence-corrected chi connectivity index (χ3v) is 4.23. The van der Waals surface area contributed by atoms with Crippen LogP contribution in [0, 0.1) is 0 Å². The average molecular weight is 328 g/mol. The van der Waals surface area contributed by atoms with Gasteiger partial charge in [0.2, 0.25) is 15.9 Å². The molecule has 0 heterocycles. The zero-order valence-corrected chi connectivity index (χ0v) is 14.5. The van der Waals surface area contributed by atoms with Crippen LogP contribution < -0.4 is 14.8 Å². The van der Waals surface area contributed by atoms with Crippen LogP contribution in [0.1, 0.15) is 34.6 Å². The molecule has 1 atom stereocenters. The first-order valence-corrected chi connectivity index (χ1v) is 8.60. The monoisotopic (exact) mass is 328 g/mol. The molecule has 7 heteroatoms. The number of amides is 1. The molecular weight excluding hydrogens is 304 g/mol. The van der Waals surface area contributed by atoms with Gasteiger partial charge in [0.05, 0.1) is 17.5 Å². The van der Waals surface area contributed by atoms with Gasteiger partial charge in [-0.05, 0) is 58.9 Å². The van der Waals surface area contributed by atoms with Crippen LogP contribution in [0.3, 0.4) is 0 Å². The Morgan fingerprint density at radius 2 is 1.77 bits per heavy atom. The number of ether oxygens (including phenoxy) is 1. The fourth-order valence-electron chi connectivity index (χ4n) is 1.71. The summed E-state index contributed by atoms with van der Waals surface area (Å²) in [7, 11) is -3.76. The van der Waals surface area contributed by atoms with E-state index in [1.54, 1.807) is 12.1 Å². The molecule has 0 saturated heterocycles. The van der Waals surface area contributed by atoms with E-state index in [1.165, 1.54) is 19.1 Å². The summed E-state index contributed by atoms with van der Waals surface area (Å²) < 4.78 is 32.1. The quantitative estimate of drug-likeness (QED) is 0.832. The van der Waals surface area contributed by atoms with Gasteiger partial charge in [0, 0.05) is 5.54 Å². The van der Waals surface area contributed by atoms with Gasteiger partial charge in [-0.15, -0.1) is 0 Å². The third-order valence-electron chi connectivity index (χ3n) is 2.67. The number of benzene rings is 1. The maximum absolute atomic E-state index is 12.2. The molecule has 0 spiro atoms. The minimum atomic E-state index is -3.76. The predicted octanol–water partition coefficient (Wildman–Crippen LogP) is 1.67. The van der Waals surface area contributed by atoms with Crippen molar-refractivity contribution in [1.29, 1.82) is 0 Å². The Labute approximate surface area is 132 Å². The van der Waals surface area contributed by atoms with Crippen molar-refractivity contribution in [2.45, 2.75) is 51.1 Å². The molecule has 0 aliphatic carbocycles. The van der Waals surface area contributed by atoms with E-state index >= 15 is 0 Å². The second-order valence-electron chi connectivity index (χ2n) is 5.99. The third kappa shape index (κ3) is 5.65. The Kier molecular flexibility index (Phi) is 5.96. The number of hydrogen-bond donors (Lipinski definition) is 2. The highest BCUT2D eigenvalue weighted by atomic mass is 32.2. The maximum Gasteiger partial charge on any atom is 0.241 e. The molecule has 1 rings (SSSR count). The van der Waals surface area contributed by atoms with E-state index in [0.29, 0.717) is 12.4 Å². The van der Waals surface area contributed by atoms with E-state index in [2.05, 4.69) is 10.0 Å². The van der Waals surface area contributed by atoms with Gasteiger partial charge < -0.3 is 10.1 Å². The van der Waals surface area contributed by atoms with Crippen LogP contribution in [-0.4, -0.2) is 32.5 Å². The normalized spacial score (nSPS) is 13.5. The van der Waals surface area contributed by atoms with Gasteiger partial charge in [-0.2, -0.15) is 4.72 Å². The minimum Gasteiger partial charge on any atom is -0.494 e. The number of carbonyl (C=O) groups is 1. The molecule has 0 unspecified atom stereocenters. The smallest absolute Gasteiger partial charge is 0.241 e. The summed E-state index contributed by atoms with van der Waals surface area (Å²) in [4.78, 5) is 12.0. The molecule has 0 radical (unpaired) electrons. The topological polar surface area (TPSA) is 84.5 Å². The van der Waals surface area contributed by atoms with Crippen molar-refractivity contribution in [3.8, 4) is 5.75 Å². The number of sulfonamides is 1. The van der Waals surface area contributed by atoms with Crippen molar-refractivity contribution in [1.82, 2.24) is 10.0 Å². The lowest BCUT2D eigenvalue weighted by Crippen LogP contribution is -2.50. The van der Waals surface area contributed by atoms with Crippen LogP contribution in [0.4, 0.5) is 0 Å². The average Bonchev–Trinajstić information content (AvgIpc) is 2.37. The number of hydrogen-bond acceptors (Lipinski definition) is 4. The van der Waals surface area contributed by atoms with Gasteiger partial charge >= 0.3 is 0 Å². The fraction of sp³-hybridized carbons (Fsp3) is 0.533. The molecule has 0 aliphatic rings. The Morgan fingerprint density at radius 1 is 1.23 bits per heavy atom. The Balaban J connectivity index is 2.80. The van der Waals surface area contributed by atoms with E-state index in [-0.39, 0.29) is 10.8 Å². The Bertz CT molecular complexity index is 603. The van der Waals surface area contributed by atoms with Crippen molar-refractivity contribution in [2.24, 2.45) is 0 Å². The van der Waals surface area contributed by atoms with Crippen LogP contribution in [0.5, 0.6) is 5.75 Å². The van der Waals surface area contributed by atoms with Crippen molar-refractivity contribution in [3.63, 3.8) is 0 Å². The molecule has 22 heavy (non-hydrogen) atoms. The SMILES string of the molecule is CCOc1ccc(S(=O)(=O)N[C@@H](C)C(=O)NC(C)(C)C)cc1. The summed E-state index contributed by atoms with van der Waals surface area (Å²) in [5.74, 6) is 0.224. The molecule has 0 fully saturated rings. The highest BCUT2D eigenvalue weighted by molar-refractivity contribution is 7.89. The lowest BCUT2D eigenvalue weighted by molar-refractivity contribution is -0.123. The van der Waals surface area contributed by atoms with Crippen LogP contribution in [0.15, 0.2) is 29.2 Å². The van der Waals surface area contributed by atoms with Crippen LogP contribution in [0.25, 0.3) is 0 Å². The first-order valence-electron chi connectivity index (χ1n) is 7.12. The first-order chi connectivity index (χ1) is 10.0. The number of nitrogens with one attached hydrogen (secondary N) is 2. The van der Waals surface area contributed by atoms with Gasteiger partial charge in [-0.25, -0.2) is 8.42 Å². The highest BCUT2D eigenvalue weighted by Gasteiger charge is 2.24. The summed E-state index contributed by atoms with van der Waals surface area (Å²) in [5.41, 5.74) is -0.421. The number of carbonyl (C=O) groups excluding carboxylic acids is 1. The van der Waals surface area contributed by atoms with E-state index in [1.807, 2.05) is 27.7 Å². The molecule has 0 aliphatic heterocycles. The summed E-state index contributed by atoms with van der Waals surface area (Å²) in [5, 5.41) is 2.73. The molecule has 0 aromatic heterocycles. The summed E-state index contributed by atoms with van der Waals surface area (Å²) >= 11 is 0. The van der Waals surface area contributed by atoms with Gasteiger partial charge in [-0.3, -0.25) is 4.79 Å². The first kappa shape index (κ1) is 18.4. The largest absolute Gasteiger partial charge is 0.494 e. The van der Waals surface area contributed by atoms with E-state index in [4.69, 9.17) is 4.74 Å². The lowest BCUT2D eigenvalue weighted by atomic mass is 10.1. The van der Waals surface area contributed by atoms with Crippen molar-refractivity contribution in [3.05, 3.63) is 24.3 Å². The Morgan fingerprint density at radius 3 is 2.23 bits per heavy atom. The maximum atomic E-state index is 12.2. The van der Waals surface area contributed by atoms with E-state index in [0.717, 1.165) is 0 Å². The second kappa shape index (κ2) is 7.11. The predicted molar refractivity (Wildman–Crippen MR) is 85.3 cm³/mol. The van der Waals surface area contributed by atoms with Crippen LogP contribution in [-0.2, 0) is 14.8 Å².